The molecular weight excluding hydrogens is 248 g/mol. The number of carbonyl (C=O) groups excluding carboxylic acids is 1. The summed E-state index contributed by atoms with van der Waals surface area (Å²) in [6.45, 7) is 0. The summed E-state index contributed by atoms with van der Waals surface area (Å²) in [4.78, 5) is 15.2. The third-order valence-corrected chi connectivity index (χ3v) is 2.76. The fraction of sp³-hybridized carbons (Fsp3) is 0.100. The lowest BCUT2D eigenvalue weighted by Gasteiger charge is -1.99. The van der Waals surface area contributed by atoms with Crippen molar-refractivity contribution in [1.29, 1.82) is 0 Å². The molecule has 0 fully saturated rings. The van der Waals surface area contributed by atoms with Crippen LogP contribution in [0.15, 0.2) is 24.3 Å². The van der Waals surface area contributed by atoms with Crippen LogP contribution in [0.3, 0.4) is 0 Å². The van der Waals surface area contributed by atoms with Crippen LogP contribution in [-0.2, 0) is 4.74 Å². The van der Waals surface area contributed by atoms with Crippen molar-refractivity contribution in [2.75, 3.05) is 7.11 Å². The van der Waals surface area contributed by atoms with E-state index < -0.39 is 0 Å². The Hall–Kier alpha value is -1.46. The largest absolute Gasteiger partial charge is 0.465 e. The van der Waals surface area contributed by atoms with Crippen LogP contribution in [0.4, 0.5) is 0 Å². The van der Waals surface area contributed by atoms with Crippen LogP contribution in [0.25, 0.3) is 11.4 Å². The Bertz CT molecular complexity index is 510. The fourth-order valence-corrected chi connectivity index (χ4v) is 1.81. The van der Waals surface area contributed by atoms with Gasteiger partial charge in [0.25, 0.3) is 0 Å². The second kappa shape index (κ2) is 4.59. The van der Waals surface area contributed by atoms with E-state index in [1.165, 1.54) is 7.11 Å². The van der Waals surface area contributed by atoms with E-state index in [0.717, 1.165) is 17.1 Å². The lowest BCUT2D eigenvalue weighted by Crippen LogP contribution is -2.00. The summed E-state index contributed by atoms with van der Waals surface area (Å²) in [6.07, 6.45) is 0. The van der Waals surface area contributed by atoms with E-state index in [1.54, 1.807) is 24.3 Å². The van der Waals surface area contributed by atoms with Gasteiger partial charge >= 0.3 is 5.97 Å². The number of carbonyl (C=O) groups is 1. The third-order valence-electron chi connectivity index (χ3n) is 1.97. The van der Waals surface area contributed by atoms with Crippen LogP contribution >= 0.6 is 23.1 Å². The standard InChI is InChI=1S/C10H7ClN2O2S/c1-15-9(14)7-4-2-6(3-5-7)8-12-10(11)16-13-8/h2-5H,1H3. The molecule has 0 radical (unpaired) electrons. The first-order chi connectivity index (χ1) is 7.70. The highest BCUT2D eigenvalue weighted by Crippen LogP contribution is 2.21. The predicted molar refractivity (Wildman–Crippen MR) is 61.7 cm³/mol. The molecule has 0 saturated carbocycles. The summed E-state index contributed by atoms with van der Waals surface area (Å²) >= 11 is 6.81. The molecule has 0 bridgehead atoms. The zero-order chi connectivity index (χ0) is 11.5. The summed E-state index contributed by atoms with van der Waals surface area (Å²) in [5.41, 5.74) is 1.31. The van der Waals surface area contributed by atoms with E-state index >= 15 is 0 Å². The number of hydrogen-bond donors (Lipinski definition) is 0. The van der Waals surface area contributed by atoms with Gasteiger partial charge in [-0.2, -0.15) is 4.37 Å². The van der Waals surface area contributed by atoms with E-state index in [-0.39, 0.29) is 5.97 Å². The summed E-state index contributed by atoms with van der Waals surface area (Å²) in [5, 5.41) is 0. The van der Waals surface area contributed by atoms with Gasteiger partial charge in [-0.05, 0) is 35.3 Å². The van der Waals surface area contributed by atoms with Gasteiger partial charge in [0.2, 0.25) is 4.47 Å². The van der Waals surface area contributed by atoms with Crippen molar-refractivity contribution < 1.29 is 9.53 Å². The van der Waals surface area contributed by atoms with E-state index in [1.807, 2.05) is 0 Å². The second-order valence-corrected chi connectivity index (χ2v) is 4.27. The average Bonchev–Trinajstić information content (AvgIpc) is 2.75. The number of nitrogens with zero attached hydrogens (tertiary/aromatic N) is 2. The SMILES string of the molecule is COC(=O)c1ccc(-c2nsc(Cl)n2)cc1. The van der Waals surface area contributed by atoms with Crippen LogP contribution in [0.5, 0.6) is 0 Å². The van der Waals surface area contributed by atoms with Gasteiger partial charge in [0.1, 0.15) is 0 Å². The highest BCUT2D eigenvalue weighted by molar-refractivity contribution is 7.10. The Morgan fingerprint density at radius 2 is 2.06 bits per heavy atom. The van der Waals surface area contributed by atoms with E-state index in [4.69, 9.17) is 11.6 Å². The minimum Gasteiger partial charge on any atom is -0.465 e. The first-order valence-corrected chi connectivity index (χ1v) is 5.54. The van der Waals surface area contributed by atoms with Crippen molar-refractivity contribution in [3.63, 3.8) is 0 Å². The highest BCUT2D eigenvalue weighted by atomic mass is 35.5. The Morgan fingerprint density at radius 1 is 1.38 bits per heavy atom. The van der Waals surface area contributed by atoms with E-state index in [9.17, 15) is 4.79 Å². The predicted octanol–water partition coefficient (Wildman–Crippen LogP) is 2.65. The molecule has 0 N–H and O–H groups in total. The summed E-state index contributed by atoms with van der Waals surface area (Å²) in [7, 11) is 1.35. The molecule has 0 aliphatic heterocycles. The van der Waals surface area contributed by atoms with Gasteiger partial charge in [-0.1, -0.05) is 12.1 Å². The molecule has 1 aromatic carbocycles. The average molecular weight is 255 g/mol. The number of aromatic nitrogens is 2. The zero-order valence-corrected chi connectivity index (χ0v) is 9.88. The lowest BCUT2D eigenvalue weighted by molar-refractivity contribution is 0.0601. The maximum atomic E-state index is 11.2. The molecule has 1 heterocycles. The maximum absolute atomic E-state index is 11.2. The summed E-state index contributed by atoms with van der Waals surface area (Å²) < 4.78 is 9.06. The summed E-state index contributed by atoms with van der Waals surface area (Å²) in [6, 6.07) is 6.83. The minimum atomic E-state index is -0.365. The van der Waals surface area contributed by atoms with Crippen LogP contribution in [0, 0.1) is 0 Å². The Kier molecular flexibility index (Phi) is 3.17. The zero-order valence-electron chi connectivity index (χ0n) is 8.31. The quantitative estimate of drug-likeness (QED) is 0.773. The monoisotopic (exact) mass is 254 g/mol. The molecule has 0 spiro atoms. The molecule has 0 atom stereocenters. The number of hydrogen-bond acceptors (Lipinski definition) is 5. The van der Waals surface area contributed by atoms with E-state index in [2.05, 4.69) is 14.1 Å². The minimum absolute atomic E-state index is 0.365. The van der Waals surface area contributed by atoms with Gasteiger partial charge in [-0.3, -0.25) is 0 Å². The second-order valence-electron chi connectivity index (χ2n) is 2.94. The van der Waals surface area contributed by atoms with Crippen molar-refractivity contribution in [1.82, 2.24) is 9.36 Å². The van der Waals surface area contributed by atoms with Gasteiger partial charge in [-0.25, -0.2) is 9.78 Å². The highest BCUT2D eigenvalue weighted by Gasteiger charge is 2.08. The van der Waals surface area contributed by atoms with Crippen molar-refractivity contribution in [3.8, 4) is 11.4 Å². The molecule has 0 amide bonds. The van der Waals surface area contributed by atoms with Crippen molar-refractivity contribution >= 4 is 29.1 Å². The van der Waals surface area contributed by atoms with Gasteiger partial charge in [0.15, 0.2) is 5.82 Å². The smallest absolute Gasteiger partial charge is 0.337 e. The molecular formula is C10H7ClN2O2S. The topological polar surface area (TPSA) is 52.1 Å². The van der Waals surface area contributed by atoms with Crippen LogP contribution < -0.4 is 0 Å². The number of rotatable bonds is 2. The molecule has 2 aromatic rings. The molecule has 1 aromatic heterocycles. The molecule has 82 valence electrons. The van der Waals surface area contributed by atoms with Crippen molar-refractivity contribution in [2.45, 2.75) is 0 Å². The van der Waals surface area contributed by atoms with Crippen LogP contribution in [0.2, 0.25) is 4.47 Å². The number of methoxy groups -OCH3 is 1. The lowest BCUT2D eigenvalue weighted by atomic mass is 10.1. The molecule has 16 heavy (non-hydrogen) atoms. The normalized spacial score (nSPS) is 10.1. The Balaban J connectivity index is 2.29. The van der Waals surface area contributed by atoms with Crippen molar-refractivity contribution in [3.05, 3.63) is 34.3 Å². The molecule has 0 aliphatic rings. The third kappa shape index (κ3) is 2.20. The van der Waals surface area contributed by atoms with Crippen LogP contribution in [0.1, 0.15) is 10.4 Å². The number of halogens is 1. The first-order valence-electron chi connectivity index (χ1n) is 4.38. The fourth-order valence-electron chi connectivity index (χ4n) is 1.20. The van der Waals surface area contributed by atoms with Gasteiger partial charge < -0.3 is 4.74 Å². The molecule has 2 rings (SSSR count). The van der Waals surface area contributed by atoms with Crippen LogP contribution in [-0.4, -0.2) is 22.4 Å². The maximum Gasteiger partial charge on any atom is 0.337 e. The number of esters is 1. The molecule has 4 nitrogen and oxygen atoms in total. The number of benzene rings is 1. The Labute approximate surface area is 101 Å². The first kappa shape index (κ1) is 11.0. The number of ether oxygens (including phenoxy) is 1. The molecule has 0 aliphatic carbocycles. The Morgan fingerprint density at radius 3 is 2.56 bits per heavy atom. The van der Waals surface area contributed by atoms with Crippen molar-refractivity contribution in [2.24, 2.45) is 0 Å². The summed E-state index contributed by atoms with van der Waals surface area (Å²) in [5.74, 6) is 0.197. The van der Waals surface area contributed by atoms with E-state index in [0.29, 0.717) is 15.9 Å². The molecule has 6 heteroatoms. The molecule has 0 unspecified atom stereocenters. The van der Waals surface area contributed by atoms with Gasteiger partial charge in [0, 0.05) is 5.56 Å². The van der Waals surface area contributed by atoms with Gasteiger partial charge in [-0.15, -0.1) is 0 Å². The molecule has 0 saturated heterocycles. The van der Waals surface area contributed by atoms with Gasteiger partial charge in [0.05, 0.1) is 12.7 Å².